The molecule has 3 heteroatoms. The summed E-state index contributed by atoms with van der Waals surface area (Å²) in [5.74, 6) is -0.273. The van der Waals surface area contributed by atoms with Crippen LogP contribution in [0.3, 0.4) is 0 Å². The Bertz CT molecular complexity index is 1140. The Balaban J connectivity index is 1.85. The van der Waals surface area contributed by atoms with Crippen LogP contribution in [0.2, 0.25) is 0 Å². The fourth-order valence-corrected chi connectivity index (χ4v) is 5.25. The molecule has 0 atom stereocenters. The summed E-state index contributed by atoms with van der Waals surface area (Å²) in [6.45, 7) is 11.7. The van der Waals surface area contributed by atoms with E-state index in [1.54, 1.807) is 0 Å². The predicted molar refractivity (Wildman–Crippen MR) is 133 cm³/mol. The van der Waals surface area contributed by atoms with Crippen molar-refractivity contribution in [1.29, 1.82) is 0 Å². The van der Waals surface area contributed by atoms with Gasteiger partial charge in [-0.15, -0.1) is 0 Å². The molecule has 0 unspecified atom stereocenters. The first-order valence-corrected chi connectivity index (χ1v) is 12.2. The average Bonchev–Trinajstić information content (AvgIpc) is 2.75. The molecule has 31 heavy (non-hydrogen) atoms. The van der Waals surface area contributed by atoms with E-state index in [0.717, 1.165) is 10.9 Å². The summed E-state index contributed by atoms with van der Waals surface area (Å²) in [6, 6.07) is 17.2. The Morgan fingerprint density at radius 1 is 0.903 bits per heavy atom. The third kappa shape index (κ3) is 4.05. The lowest BCUT2D eigenvalue weighted by molar-refractivity contribution is 0.0526. The molecule has 3 aromatic rings. The molecule has 0 N–H and O–H groups in total. The largest absolute Gasteiger partial charge is 0.462 e. The van der Waals surface area contributed by atoms with Gasteiger partial charge in [-0.2, -0.15) is 0 Å². The number of rotatable bonds is 4. The monoisotopic (exact) mass is 478 g/mol. The average molecular weight is 479 g/mol. The van der Waals surface area contributed by atoms with Gasteiger partial charge in [0.05, 0.1) is 12.2 Å². The lowest BCUT2D eigenvalue weighted by Gasteiger charge is -2.42. The van der Waals surface area contributed by atoms with Crippen LogP contribution in [-0.4, -0.2) is 12.6 Å². The second-order valence-electron chi connectivity index (χ2n) is 9.95. The second kappa shape index (κ2) is 8.09. The summed E-state index contributed by atoms with van der Waals surface area (Å²) in [5.41, 5.74) is 7.52. The third-order valence-electron chi connectivity index (χ3n) is 6.88. The minimum atomic E-state index is -0.273. The summed E-state index contributed by atoms with van der Waals surface area (Å²) in [4.78, 5) is 12.0. The van der Waals surface area contributed by atoms with Crippen molar-refractivity contribution in [2.75, 3.05) is 6.61 Å². The van der Waals surface area contributed by atoms with E-state index in [4.69, 9.17) is 4.74 Å². The van der Waals surface area contributed by atoms with Gasteiger partial charge in [0.2, 0.25) is 0 Å². The van der Waals surface area contributed by atoms with Gasteiger partial charge in [0.1, 0.15) is 0 Å². The normalized spacial score (nSPS) is 16.7. The smallest absolute Gasteiger partial charge is 0.338 e. The molecule has 1 aliphatic rings. The van der Waals surface area contributed by atoms with Gasteiger partial charge < -0.3 is 4.74 Å². The van der Waals surface area contributed by atoms with Crippen LogP contribution in [0.4, 0.5) is 0 Å². The van der Waals surface area contributed by atoms with Gasteiger partial charge in [-0.05, 0) is 93.5 Å². The van der Waals surface area contributed by atoms with E-state index in [2.05, 4.69) is 67.9 Å². The van der Waals surface area contributed by atoms with E-state index in [1.165, 1.54) is 45.9 Å². The number of alkyl halides is 1. The quantitative estimate of drug-likeness (QED) is 0.281. The Kier molecular flexibility index (Phi) is 5.76. The topological polar surface area (TPSA) is 26.3 Å². The molecule has 0 fully saturated rings. The summed E-state index contributed by atoms with van der Waals surface area (Å²) in [5, 5.41) is 3.36. The maximum absolute atomic E-state index is 12.0. The predicted octanol–water partition coefficient (Wildman–Crippen LogP) is 7.93. The van der Waals surface area contributed by atoms with Crippen molar-refractivity contribution < 1.29 is 9.53 Å². The van der Waals surface area contributed by atoms with Gasteiger partial charge >= 0.3 is 5.97 Å². The van der Waals surface area contributed by atoms with Crippen LogP contribution in [0.25, 0.3) is 21.9 Å². The minimum Gasteiger partial charge on any atom is -0.462 e. The van der Waals surface area contributed by atoms with Crippen molar-refractivity contribution in [3.8, 4) is 11.1 Å². The molecule has 0 heterocycles. The number of halogens is 1. The van der Waals surface area contributed by atoms with Crippen molar-refractivity contribution in [2.24, 2.45) is 0 Å². The first-order valence-electron chi connectivity index (χ1n) is 11.1. The van der Waals surface area contributed by atoms with E-state index in [1.807, 2.05) is 31.2 Å². The molecular formula is C28H31BrO2. The number of esters is 1. The molecule has 0 aliphatic heterocycles. The van der Waals surface area contributed by atoms with E-state index < -0.39 is 0 Å². The molecule has 162 valence electrons. The van der Waals surface area contributed by atoms with Gasteiger partial charge in [0.25, 0.3) is 0 Å². The minimum absolute atomic E-state index is 0.189. The van der Waals surface area contributed by atoms with Gasteiger partial charge in [-0.1, -0.05) is 67.9 Å². The first kappa shape index (κ1) is 22.1. The fourth-order valence-electron chi connectivity index (χ4n) is 4.79. The van der Waals surface area contributed by atoms with Crippen molar-refractivity contribution in [2.45, 2.75) is 63.6 Å². The second-order valence-corrected chi connectivity index (χ2v) is 10.5. The van der Waals surface area contributed by atoms with E-state index in [0.29, 0.717) is 12.2 Å². The molecule has 0 radical (unpaired) electrons. The van der Waals surface area contributed by atoms with Gasteiger partial charge in [0.15, 0.2) is 0 Å². The molecular weight excluding hydrogens is 448 g/mol. The van der Waals surface area contributed by atoms with Crippen LogP contribution in [0.15, 0.2) is 48.5 Å². The van der Waals surface area contributed by atoms with Crippen molar-refractivity contribution in [3.05, 3.63) is 70.8 Å². The Morgan fingerprint density at radius 3 is 1.97 bits per heavy atom. The van der Waals surface area contributed by atoms with Crippen molar-refractivity contribution >= 4 is 32.7 Å². The molecule has 0 saturated heterocycles. The molecule has 1 aliphatic carbocycles. The highest BCUT2D eigenvalue weighted by Crippen LogP contribution is 2.47. The third-order valence-corrected chi connectivity index (χ3v) is 7.49. The summed E-state index contributed by atoms with van der Waals surface area (Å²) < 4.78 is 5.12. The summed E-state index contributed by atoms with van der Waals surface area (Å²) in [7, 11) is 0. The Labute approximate surface area is 194 Å². The standard InChI is InChI=1S/C28H31BrO2/c1-6-31-26(30)19-9-7-18(8-10-19)23-14-21-16-25-24(15-20(21)13-22(23)17-29)27(2,3)11-12-28(25,4)5/h7-10,13-16H,6,11-12,17H2,1-5H3. The van der Waals surface area contributed by atoms with Gasteiger partial charge in [-0.25, -0.2) is 4.79 Å². The maximum atomic E-state index is 12.0. The van der Waals surface area contributed by atoms with Crippen LogP contribution >= 0.6 is 15.9 Å². The Morgan fingerprint density at radius 2 is 1.45 bits per heavy atom. The number of ether oxygens (including phenoxy) is 1. The van der Waals surface area contributed by atoms with Crippen LogP contribution in [0, 0.1) is 0 Å². The molecule has 0 aromatic heterocycles. The van der Waals surface area contributed by atoms with Gasteiger partial charge in [-0.3, -0.25) is 0 Å². The number of carbonyl (C=O) groups excluding carboxylic acids is 1. The van der Waals surface area contributed by atoms with Crippen molar-refractivity contribution in [3.63, 3.8) is 0 Å². The Hall–Kier alpha value is -2.13. The molecule has 2 nitrogen and oxygen atoms in total. The van der Waals surface area contributed by atoms with E-state index in [-0.39, 0.29) is 16.8 Å². The highest BCUT2D eigenvalue weighted by Gasteiger charge is 2.37. The number of hydrogen-bond donors (Lipinski definition) is 0. The maximum Gasteiger partial charge on any atom is 0.338 e. The summed E-state index contributed by atoms with van der Waals surface area (Å²) >= 11 is 3.69. The molecule has 0 saturated carbocycles. The van der Waals surface area contributed by atoms with Crippen LogP contribution in [0.5, 0.6) is 0 Å². The van der Waals surface area contributed by atoms with Crippen molar-refractivity contribution in [1.82, 2.24) is 0 Å². The molecule has 0 amide bonds. The zero-order valence-electron chi connectivity index (χ0n) is 19.1. The SMILES string of the molecule is CCOC(=O)c1ccc(-c2cc3cc4c(cc3cc2CBr)C(C)(C)CCC4(C)C)cc1. The lowest BCUT2D eigenvalue weighted by Crippen LogP contribution is -2.33. The van der Waals surface area contributed by atoms with Crippen LogP contribution < -0.4 is 0 Å². The molecule has 4 rings (SSSR count). The van der Waals surface area contributed by atoms with Crippen LogP contribution in [-0.2, 0) is 20.9 Å². The highest BCUT2D eigenvalue weighted by atomic mass is 79.9. The summed E-state index contributed by atoms with van der Waals surface area (Å²) in [6.07, 6.45) is 2.43. The number of hydrogen-bond acceptors (Lipinski definition) is 2. The van der Waals surface area contributed by atoms with Crippen LogP contribution in [0.1, 0.15) is 74.5 Å². The molecule has 0 bridgehead atoms. The van der Waals surface area contributed by atoms with E-state index in [9.17, 15) is 4.79 Å². The number of fused-ring (bicyclic) bond motifs is 2. The number of carbonyl (C=O) groups is 1. The van der Waals surface area contributed by atoms with Gasteiger partial charge in [0, 0.05) is 5.33 Å². The fraction of sp³-hybridized carbons (Fsp3) is 0.393. The molecule has 3 aromatic carbocycles. The zero-order chi connectivity index (χ0) is 22.4. The highest BCUT2D eigenvalue weighted by molar-refractivity contribution is 9.08. The first-order chi connectivity index (χ1) is 14.7. The lowest BCUT2D eigenvalue weighted by atomic mass is 9.63. The number of benzene rings is 3. The van der Waals surface area contributed by atoms with E-state index >= 15 is 0 Å². The molecule has 0 spiro atoms. The zero-order valence-corrected chi connectivity index (χ0v) is 20.7.